The smallest absolute Gasteiger partial charge is 0.338 e. The third-order valence-electron chi connectivity index (χ3n) is 6.45. The van der Waals surface area contributed by atoms with Gasteiger partial charge in [-0.05, 0) is 42.5 Å². The van der Waals surface area contributed by atoms with Crippen molar-refractivity contribution in [1.82, 2.24) is 0 Å². The summed E-state index contributed by atoms with van der Waals surface area (Å²) in [4.78, 5) is 25.0. The summed E-state index contributed by atoms with van der Waals surface area (Å²) < 4.78 is 22.1. The van der Waals surface area contributed by atoms with Gasteiger partial charge in [0.15, 0.2) is 16.9 Å². The molecular weight excluding hydrogens is 544 g/mol. The zero-order valence-electron chi connectivity index (χ0n) is 20.9. The van der Waals surface area contributed by atoms with Gasteiger partial charge in [0.1, 0.15) is 65.0 Å². The van der Waals surface area contributed by atoms with E-state index in [1.165, 1.54) is 48.5 Å². The van der Waals surface area contributed by atoms with Crippen molar-refractivity contribution in [2.45, 2.75) is 30.7 Å². The van der Waals surface area contributed by atoms with E-state index in [0.29, 0.717) is 0 Å². The first-order valence-corrected chi connectivity index (χ1v) is 12.2. The summed E-state index contributed by atoms with van der Waals surface area (Å²) >= 11 is 0. The standard InChI is InChI=1S/C28H24O13/c29-14-4-1-12(2-5-14)27(37)38-11-22-24(34)25(35)26(36)28(41-22)39-15-8-18(32)23-19(33)10-20(40-21(23)9-15)13-3-6-16(30)17(31)7-13/h1-10,22,24-26,28-32,34-36H,11H2/t22-,24-,25+,26-,28-/m1/s1. The van der Waals surface area contributed by atoms with Crippen molar-refractivity contribution in [1.29, 1.82) is 0 Å². The van der Waals surface area contributed by atoms with Crippen LogP contribution in [0.1, 0.15) is 10.4 Å². The minimum Gasteiger partial charge on any atom is -0.508 e. The number of carbonyl (C=O) groups excluding carboxylic acids is 1. The molecule has 0 aliphatic carbocycles. The average molecular weight is 568 g/mol. The fourth-order valence-corrected chi connectivity index (χ4v) is 4.25. The molecule has 0 radical (unpaired) electrons. The molecule has 1 aliphatic rings. The monoisotopic (exact) mass is 568 g/mol. The Kier molecular flexibility index (Phi) is 7.43. The lowest BCUT2D eigenvalue weighted by molar-refractivity contribution is -0.277. The highest BCUT2D eigenvalue weighted by molar-refractivity contribution is 5.89. The summed E-state index contributed by atoms with van der Waals surface area (Å²) in [6, 6.07) is 12.3. The van der Waals surface area contributed by atoms with E-state index in [9.17, 15) is 45.3 Å². The van der Waals surface area contributed by atoms with Crippen LogP contribution in [0.5, 0.6) is 28.7 Å². The molecule has 13 nitrogen and oxygen atoms in total. The molecule has 2 heterocycles. The molecule has 1 aromatic heterocycles. The van der Waals surface area contributed by atoms with Crippen LogP contribution in [0, 0.1) is 0 Å². The Hall–Kier alpha value is -4.82. The molecule has 5 atom stereocenters. The highest BCUT2D eigenvalue weighted by Gasteiger charge is 2.45. The van der Waals surface area contributed by atoms with Gasteiger partial charge in [0.25, 0.3) is 0 Å². The van der Waals surface area contributed by atoms with Crippen molar-refractivity contribution in [3.8, 4) is 40.1 Å². The maximum absolute atomic E-state index is 12.7. The molecule has 214 valence electrons. The number of benzene rings is 3. The molecule has 0 bridgehead atoms. The molecule has 0 amide bonds. The van der Waals surface area contributed by atoms with Crippen molar-refractivity contribution in [3.05, 3.63) is 76.5 Å². The Morgan fingerprint density at radius 1 is 0.805 bits per heavy atom. The summed E-state index contributed by atoms with van der Waals surface area (Å²) in [5.74, 6) is -2.37. The molecule has 7 N–H and O–H groups in total. The minimum atomic E-state index is -1.77. The molecule has 0 saturated carbocycles. The second-order valence-corrected chi connectivity index (χ2v) is 9.27. The number of hydrogen-bond donors (Lipinski definition) is 7. The quantitative estimate of drug-likeness (QED) is 0.129. The van der Waals surface area contributed by atoms with Crippen LogP contribution in [-0.2, 0) is 9.47 Å². The van der Waals surface area contributed by atoms with Crippen LogP contribution in [-0.4, -0.2) is 79.0 Å². The van der Waals surface area contributed by atoms with Crippen molar-refractivity contribution in [3.63, 3.8) is 0 Å². The second-order valence-electron chi connectivity index (χ2n) is 9.27. The molecule has 1 aliphatic heterocycles. The number of fused-ring (bicyclic) bond motifs is 1. The van der Waals surface area contributed by atoms with E-state index in [2.05, 4.69) is 0 Å². The van der Waals surface area contributed by atoms with Gasteiger partial charge in [-0.3, -0.25) is 4.79 Å². The SMILES string of the molecule is O=C(OC[C@H]1O[C@@H](Oc2cc(O)c3c(=O)cc(-c4ccc(O)c(O)c4)oc3c2)[C@H](O)[C@@H](O)[C@@H]1O)c1ccc(O)cc1. The molecule has 1 saturated heterocycles. The van der Waals surface area contributed by atoms with Gasteiger partial charge in [-0.1, -0.05) is 0 Å². The number of phenolic OH excluding ortho intramolecular Hbond substituents is 4. The molecule has 41 heavy (non-hydrogen) atoms. The molecule has 0 spiro atoms. The predicted molar refractivity (Wildman–Crippen MR) is 139 cm³/mol. The number of phenols is 4. The van der Waals surface area contributed by atoms with Gasteiger partial charge in [0.05, 0.1) is 5.56 Å². The summed E-state index contributed by atoms with van der Waals surface area (Å²) in [7, 11) is 0. The van der Waals surface area contributed by atoms with Gasteiger partial charge in [-0.25, -0.2) is 4.79 Å². The van der Waals surface area contributed by atoms with E-state index in [0.717, 1.165) is 12.1 Å². The molecule has 0 unspecified atom stereocenters. The lowest BCUT2D eigenvalue weighted by Crippen LogP contribution is -2.60. The Morgan fingerprint density at radius 3 is 2.24 bits per heavy atom. The topological polar surface area (TPSA) is 217 Å². The fourth-order valence-electron chi connectivity index (χ4n) is 4.25. The van der Waals surface area contributed by atoms with Crippen LogP contribution in [0.3, 0.4) is 0 Å². The van der Waals surface area contributed by atoms with Gasteiger partial charge in [-0.15, -0.1) is 0 Å². The second kappa shape index (κ2) is 11.0. The summed E-state index contributed by atoms with van der Waals surface area (Å²) in [5.41, 5.74) is -0.407. The van der Waals surface area contributed by atoms with E-state index in [-0.39, 0.29) is 45.1 Å². The highest BCUT2D eigenvalue weighted by atomic mass is 16.7. The lowest BCUT2D eigenvalue weighted by Gasteiger charge is -2.39. The van der Waals surface area contributed by atoms with Crippen LogP contribution < -0.4 is 10.2 Å². The van der Waals surface area contributed by atoms with Crippen molar-refractivity contribution in [2.24, 2.45) is 0 Å². The summed E-state index contributed by atoms with van der Waals surface area (Å²) in [6.07, 6.45) is -8.16. The Labute approximate surface area is 230 Å². The van der Waals surface area contributed by atoms with Gasteiger partial charge in [0, 0.05) is 23.8 Å². The number of aliphatic hydroxyl groups is 3. The minimum absolute atomic E-state index is 0.00245. The Balaban J connectivity index is 1.37. The van der Waals surface area contributed by atoms with E-state index in [1.807, 2.05) is 0 Å². The van der Waals surface area contributed by atoms with Gasteiger partial charge in [-0.2, -0.15) is 0 Å². The number of esters is 1. The van der Waals surface area contributed by atoms with Crippen LogP contribution in [0.25, 0.3) is 22.3 Å². The predicted octanol–water partition coefficient (Wildman–Crippen LogP) is 1.33. The summed E-state index contributed by atoms with van der Waals surface area (Å²) in [6.45, 7) is -0.537. The number of aliphatic hydroxyl groups excluding tert-OH is 3. The van der Waals surface area contributed by atoms with E-state index in [4.69, 9.17) is 18.6 Å². The number of rotatable bonds is 6. The van der Waals surface area contributed by atoms with E-state index in [1.54, 1.807) is 0 Å². The highest BCUT2D eigenvalue weighted by Crippen LogP contribution is 2.35. The van der Waals surface area contributed by atoms with Gasteiger partial charge >= 0.3 is 5.97 Å². The zero-order valence-corrected chi connectivity index (χ0v) is 20.9. The number of ether oxygens (including phenoxy) is 3. The lowest BCUT2D eigenvalue weighted by atomic mass is 9.99. The maximum atomic E-state index is 12.7. The Bertz CT molecular complexity index is 1650. The van der Waals surface area contributed by atoms with E-state index >= 15 is 0 Å². The van der Waals surface area contributed by atoms with Gasteiger partial charge < -0.3 is 54.4 Å². The normalized spacial score (nSPS) is 22.4. The van der Waals surface area contributed by atoms with Gasteiger partial charge in [0.2, 0.25) is 6.29 Å². The number of carbonyl (C=O) groups is 1. The molecule has 1 fully saturated rings. The van der Waals surface area contributed by atoms with Crippen LogP contribution in [0.15, 0.2) is 69.9 Å². The fraction of sp³-hybridized carbons (Fsp3) is 0.214. The van der Waals surface area contributed by atoms with Crippen LogP contribution in [0.2, 0.25) is 0 Å². The first-order valence-electron chi connectivity index (χ1n) is 12.2. The Morgan fingerprint density at radius 2 is 1.54 bits per heavy atom. The van der Waals surface area contributed by atoms with Crippen LogP contribution >= 0.6 is 0 Å². The first kappa shape index (κ1) is 27.7. The van der Waals surface area contributed by atoms with Crippen LogP contribution in [0.4, 0.5) is 0 Å². The number of hydrogen-bond acceptors (Lipinski definition) is 13. The molecule has 3 aromatic carbocycles. The zero-order chi connectivity index (χ0) is 29.4. The van der Waals surface area contributed by atoms with Crippen molar-refractivity contribution in [2.75, 3.05) is 6.61 Å². The summed E-state index contributed by atoms with van der Waals surface area (Å²) in [5, 5.41) is 70.2. The number of aromatic hydroxyl groups is 4. The largest absolute Gasteiger partial charge is 0.508 e. The van der Waals surface area contributed by atoms with E-state index < -0.39 is 60.2 Å². The molecular formula is C28H24O13. The van der Waals surface area contributed by atoms with Crippen molar-refractivity contribution < 1.29 is 59.2 Å². The maximum Gasteiger partial charge on any atom is 0.338 e. The third kappa shape index (κ3) is 5.60. The first-order chi connectivity index (χ1) is 19.5. The average Bonchev–Trinajstić information content (AvgIpc) is 2.94. The third-order valence-corrected chi connectivity index (χ3v) is 6.45. The molecule has 4 aromatic rings. The van der Waals surface area contributed by atoms with Crippen molar-refractivity contribution >= 4 is 16.9 Å². The molecule has 5 rings (SSSR count). The molecule has 13 heteroatoms.